The van der Waals surface area contributed by atoms with Gasteiger partial charge in [0, 0.05) is 53.5 Å². The molecule has 0 atom stereocenters. The molecule has 0 amide bonds. The van der Waals surface area contributed by atoms with Gasteiger partial charge in [-0.05, 0) is 43.9 Å². The van der Waals surface area contributed by atoms with Gasteiger partial charge in [-0.2, -0.15) is 0 Å². The Bertz CT molecular complexity index is 1900. The van der Waals surface area contributed by atoms with E-state index in [9.17, 15) is 10.2 Å². The molecule has 2 aliphatic rings. The monoisotopic (exact) mass is 658 g/mol. The molecule has 2 fully saturated rings. The fourth-order valence-electron chi connectivity index (χ4n) is 6.22. The van der Waals surface area contributed by atoms with Crippen LogP contribution in [-0.4, -0.2) is 61.1 Å². The minimum atomic E-state index is -0.209. The number of aliphatic hydroxyl groups is 2. The van der Waals surface area contributed by atoms with Crippen LogP contribution in [0.2, 0.25) is 10.0 Å². The number of ether oxygens (including phenoxy) is 1. The molecular weight excluding hydrogens is 623 g/mol. The number of hydrogen-bond donors (Lipinski definition) is 4. The topological polar surface area (TPSA) is 117 Å². The van der Waals surface area contributed by atoms with E-state index in [1.54, 1.807) is 7.11 Å². The van der Waals surface area contributed by atoms with Crippen LogP contribution in [0.4, 0.5) is 0 Å². The van der Waals surface area contributed by atoms with Crippen molar-refractivity contribution in [2.24, 2.45) is 7.05 Å². The summed E-state index contributed by atoms with van der Waals surface area (Å²) < 4.78 is 7.64. The number of pyridine rings is 2. The van der Waals surface area contributed by atoms with Crippen molar-refractivity contribution in [3.05, 3.63) is 82.1 Å². The smallest absolute Gasteiger partial charge is 0.218 e. The first-order chi connectivity index (χ1) is 22.3. The lowest BCUT2D eigenvalue weighted by Crippen LogP contribution is -2.44. The highest BCUT2D eigenvalue weighted by atomic mass is 35.5. The molecule has 0 bridgehead atoms. The standard InChI is InChI=1S/C35H36Cl2N6O3/c1-43-31(18-39-21-15-23(45)16-21)40-30-12-11-28(41-34(30)43)26-7-3-5-24(32(26)36)25-6-4-8-27(33(25)37)29-10-9-19(35(42-29)46-2)17-38-20-13-22(44)14-20/h3-12,20-23,38-39,44-45H,13-18H2,1-2H3/t20-,21-,22+,23-. The second-order valence-corrected chi connectivity index (χ2v) is 13.0. The number of hydrogen-bond acceptors (Lipinski definition) is 8. The fraction of sp³-hybridized carbons (Fsp3) is 0.343. The van der Waals surface area contributed by atoms with Gasteiger partial charge in [0.2, 0.25) is 5.88 Å². The number of rotatable bonds is 10. The van der Waals surface area contributed by atoms with Gasteiger partial charge < -0.3 is 30.2 Å². The van der Waals surface area contributed by atoms with Crippen molar-refractivity contribution in [3.63, 3.8) is 0 Å². The summed E-state index contributed by atoms with van der Waals surface area (Å²) in [4.78, 5) is 14.5. The lowest BCUT2D eigenvalue weighted by molar-refractivity contribution is 0.0613. The fourth-order valence-corrected chi connectivity index (χ4v) is 6.87. The van der Waals surface area contributed by atoms with Crippen molar-refractivity contribution in [2.45, 2.75) is 63.1 Å². The van der Waals surface area contributed by atoms with Crippen molar-refractivity contribution in [2.75, 3.05) is 7.11 Å². The Kier molecular flexibility index (Phi) is 8.71. The van der Waals surface area contributed by atoms with E-state index in [1.807, 2.05) is 72.3 Å². The predicted octanol–water partition coefficient (Wildman–Crippen LogP) is 5.91. The number of benzene rings is 2. The molecule has 0 aliphatic heterocycles. The Labute approximate surface area is 277 Å². The van der Waals surface area contributed by atoms with Crippen LogP contribution in [0.25, 0.3) is 44.8 Å². The minimum absolute atomic E-state index is 0.201. The molecule has 11 heteroatoms. The summed E-state index contributed by atoms with van der Waals surface area (Å²) in [5, 5.41) is 27.2. The maximum Gasteiger partial charge on any atom is 0.218 e. The number of aliphatic hydroxyl groups excluding tert-OH is 2. The first-order valence-corrected chi connectivity index (χ1v) is 16.3. The SMILES string of the molecule is COc1nc(-c2cccc(-c3cccc(-c4ccc5nc(CN[C@H]6C[C@H](O)C6)n(C)c5n4)c3Cl)c2Cl)ccc1CN[C@H]1C[C@@H](O)C1. The molecule has 3 aromatic heterocycles. The van der Waals surface area contributed by atoms with Gasteiger partial charge in [-0.3, -0.25) is 0 Å². The number of halogens is 2. The maximum absolute atomic E-state index is 9.59. The highest BCUT2D eigenvalue weighted by Gasteiger charge is 2.28. The van der Waals surface area contributed by atoms with Crippen molar-refractivity contribution in [1.82, 2.24) is 30.2 Å². The van der Waals surface area contributed by atoms with E-state index in [1.165, 1.54) is 0 Å². The van der Waals surface area contributed by atoms with Gasteiger partial charge in [0.15, 0.2) is 5.65 Å². The quantitative estimate of drug-likeness (QED) is 0.146. The van der Waals surface area contributed by atoms with E-state index < -0.39 is 0 Å². The third-order valence-corrected chi connectivity index (χ3v) is 9.95. The third kappa shape index (κ3) is 5.99. The maximum atomic E-state index is 9.59. The summed E-state index contributed by atoms with van der Waals surface area (Å²) in [5.41, 5.74) is 7.10. The number of aromatic nitrogens is 4. The summed E-state index contributed by atoms with van der Waals surface area (Å²) in [6, 6.07) is 20.2. The molecule has 4 N–H and O–H groups in total. The first-order valence-electron chi connectivity index (χ1n) is 15.6. The number of methoxy groups -OCH3 is 1. The van der Waals surface area contributed by atoms with Crippen LogP contribution >= 0.6 is 23.2 Å². The van der Waals surface area contributed by atoms with Crippen molar-refractivity contribution in [3.8, 4) is 39.5 Å². The Balaban J connectivity index is 1.16. The number of nitrogens with zero attached hydrogens (tertiary/aromatic N) is 4. The Morgan fingerprint density at radius 1 is 0.739 bits per heavy atom. The molecule has 2 aromatic carbocycles. The molecule has 0 radical (unpaired) electrons. The normalized spacial score (nSPS) is 20.8. The van der Waals surface area contributed by atoms with Crippen LogP contribution in [0.15, 0.2) is 60.7 Å². The van der Waals surface area contributed by atoms with Gasteiger partial charge >= 0.3 is 0 Å². The van der Waals surface area contributed by atoms with Gasteiger partial charge in [0.25, 0.3) is 0 Å². The Morgan fingerprint density at radius 2 is 1.28 bits per heavy atom. The van der Waals surface area contributed by atoms with Crippen molar-refractivity contribution < 1.29 is 14.9 Å². The summed E-state index contributed by atoms with van der Waals surface area (Å²) in [5.74, 6) is 1.42. The van der Waals surface area contributed by atoms with Crippen LogP contribution in [0.3, 0.4) is 0 Å². The van der Waals surface area contributed by atoms with Gasteiger partial charge in [-0.1, -0.05) is 65.7 Å². The molecule has 46 heavy (non-hydrogen) atoms. The molecule has 0 saturated heterocycles. The summed E-state index contributed by atoms with van der Waals surface area (Å²) in [7, 11) is 3.58. The lowest BCUT2D eigenvalue weighted by Gasteiger charge is -2.32. The van der Waals surface area contributed by atoms with E-state index in [2.05, 4.69) is 10.6 Å². The van der Waals surface area contributed by atoms with Crippen LogP contribution in [-0.2, 0) is 20.1 Å². The molecule has 238 valence electrons. The zero-order valence-corrected chi connectivity index (χ0v) is 27.2. The van der Waals surface area contributed by atoms with Crippen LogP contribution in [0, 0.1) is 0 Å². The summed E-state index contributed by atoms with van der Waals surface area (Å²) >= 11 is 14.2. The Morgan fingerprint density at radius 3 is 1.87 bits per heavy atom. The highest BCUT2D eigenvalue weighted by Crippen LogP contribution is 2.42. The van der Waals surface area contributed by atoms with E-state index >= 15 is 0 Å². The first kappa shape index (κ1) is 31.1. The minimum Gasteiger partial charge on any atom is -0.481 e. The summed E-state index contributed by atoms with van der Waals surface area (Å²) in [6.45, 7) is 1.21. The molecule has 9 nitrogen and oxygen atoms in total. The van der Waals surface area contributed by atoms with Crippen molar-refractivity contribution >= 4 is 34.4 Å². The van der Waals surface area contributed by atoms with Crippen LogP contribution in [0.5, 0.6) is 5.88 Å². The van der Waals surface area contributed by atoms with Crippen molar-refractivity contribution in [1.29, 1.82) is 0 Å². The average molecular weight is 660 g/mol. The number of fused-ring (bicyclic) bond motifs is 1. The van der Waals surface area contributed by atoms with E-state index in [0.717, 1.165) is 76.2 Å². The number of aryl methyl sites for hydroxylation is 1. The summed E-state index contributed by atoms with van der Waals surface area (Å²) in [6.07, 6.45) is 2.67. The predicted molar refractivity (Wildman–Crippen MR) is 181 cm³/mol. The van der Waals surface area contributed by atoms with Gasteiger partial charge in [0.1, 0.15) is 11.3 Å². The highest BCUT2D eigenvalue weighted by molar-refractivity contribution is 6.39. The number of nitrogens with one attached hydrogen (secondary N) is 2. The second-order valence-electron chi connectivity index (χ2n) is 12.2. The zero-order chi connectivity index (χ0) is 31.9. The lowest BCUT2D eigenvalue weighted by atomic mass is 9.89. The molecule has 0 spiro atoms. The van der Waals surface area contributed by atoms with Gasteiger partial charge in [-0.15, -0.1) is 0 Å². The molecule has 2 aliphatic carbocycles. The molecular formula is C35H36Cl2N6O3. The van der Waals surface area contributed by atoms with E-state index in [4.69, 9.17) is 42.9 Å². The molecule has 5 aromatic rings. The number of imidazole rings is 1. The molecule has 3 heterocycles. The van der Waals surface area contributed by atoms with Gasteiger partial charge in [0.05, 0.1) is 47.3 Å². The van der Waals surface area contributed by atoms with Crippen LogP contribution < -0.4 is 15.4 Å². The van der Waals surface area contributed by atoms with Crippen LogP contribution in [0.1, 0.15) is 37.1 Å². The Hall–Kier alpha value is -3.57. The largest absolute Gasteiger partial charge is 0.481 e. The molecule has 2 saturated carbocycles. The van der Waals surface area contributed by atoms with E-state index in [-0.39, 0.29) is 12.2 Å². The average Bonchev–Trinajstić information content (AvgIpc) is 3.35. The molecule has 7 rings (SSSR count). The van der Waals surface area contributed by atoms with E-state index in [0.29, 0.717) is 46.8 Å². The second kappa shape index (κ2) is 12.9. The third-order valence-electron chi connectivity index (χ3n) is 9.14. The zero-order valence-electron chi connectivity index (χ0n) is 25.7. The molecule has 0 unspecified atom stereocenters. The van der Waals surface area contributed by atoms with Gasteiger partial charge in [-0.25, -0.2) is 15.0 Å².